The number of carbonyl (C=O) groups excluding carboxylic acids is 1. The Labute approximate surface area is 131 Å². The van der Waals surface area contributed by atoms with E-state index >= 15 is 0 Å². The molecule has 112 valence electrons. The van der Waals surface area contributed by atoms with Gasteiger partial charge in [0.15, 0.2) is 0 Å². The molecule has 1 rings (SSSR count). The lowest BCUT2D eigenvalue weighted by Crippen LogP contribution is -2.32. The van der Waals surface area contributed by atoms with Crippen molar-refractivity contribution < 1.29 is 9.53 Å². The molecule has 0 fully saturated rings. The molecule has 0 heterocycles. The Balaban J connectivity index is 2.48. The number of nitrogens with one attached hydrogen (secondary N) is 1. The van der Waals surface area contributed by atoms with E-state index in [2.05, 4.69) is 17.2 Å². The zero-order chi connectivity index (χ0) is 15.9. The predicted octanol–water partition coefficient (Wildman–Crippen LogP) is 2.59. The van der Waals surface area contributed by atoms with Gasteiger partial charge in [-0.25, -0.2) is 4.79 Å². The number of alkyl carbamates (subject to hydrolysis) is 1. The van der Waals surface area contributed by atoms with E-state index in [1.54, 1.807) is 0 Å². The first-order chi connectivity index (χ1) is 9.79. The SMILES string of the molecule is CC(C)(C)OC(=O)NCCC#Cc1ccccc1C(N)=S. The number of ether oxygens (including phenoxy) is 1. The summed E-state index contributed by atoms with van der Waals surface area (Å²) in [5.74, 6) is 5.99. The zero-order valence-corrected chi connectivity index (χ0v) is 13.3. The van der Waals surface area contributed by atoms with Gasteiger partial charge >= 0.3 is 6.09 Å². The highest BCUT2D eigenvalue weighted by atomic mass is 32.1. The predicted molar refractivity (Wildman–Crippen MR) is 88.1 cm³/mol. The van der Waals surface area contributed by atoms with Crippen LogP contribution in [0, 0.1) is 11.8 Å². The fourth-order valence-corrected chi connectivity index (χ4v) is 1.68. The Hall–Kier alpha value is -2.06. The number of hydrogen-bond acceptors (Lipinski definition) is 3. The molecule has 1 aromatic rings. The van der Waals surface area contributed by atoms with Gasteiger partial charge in [-0.1, -0.05) is 42.3 Å². The van der Waals surface area contributed by atoms with Gasteiger partial charge in [-0.3, -0.25) is 0 Å². The normalized spacial score (nSPS) is 10.2. The molecule has 0 aliphatic heterocycles. The number of amides is 1. The van der Waals surface area contributed by atoms with Crippen molar-refractivity contribution in [3.63, 3.8) is 0 Å². The molecule has 0 saturated carbocycles. The van der Waals surface area contributed by atoms with Crippen molar-refractivity contribution in [1.82, 2.24) is 5.32 Å². The van der Waals surface area contributed by atoms with Crippen LogP contribution in [0.5, 0.6) is 0 Å². The Morgan fingerprint density at radius 3 is 2.67 bits per heavy atom. The van der Waals surface area contributed by atoms with Crippen LogP contribution in [-0.4, -0.2) is 23.2 Å². The number of benzene rings is 1. The molecule has 0 atom stereocenters. The van der Waals surface area contributed by atoms with Gasteiger partial charge in [0, 0.05) is 24.1 Å². The van der Waals surface area contributed by atoms with Crippen molar-refractivity contribution in [2.45, 2.75) is 32.8 Å². The summed E-state index contributed by atoms with van der Waals surface area (Å²) in [6, 6.07) is 7.45. The van der Waals surface area contributed by atoms with Crippen molar-refractivity contribution in [3.05, 3.63) is 35.4 Å². The van der Waals surface area contributed by atoms with Crippen molar-refractivity contribution in [2.75, 3.05) is 6.54 Å². The molecular weight excluding hydrogens is 284 g/mol. The van der Waals surface area contributed by atoms with Crippen LogP contribution in [0.15, 0.2) is 24.3 Å². The molecule has 4 nitrogen and oxygen atoms in total. The molecule has 3 N–H and O–H groups in total. The van der Waals surface area contributed by atoms with Crippen molar-refractivity contribution in [2.24, 2.45) is 5.73 Å². The Morgan fingerprint density at radius 2 is 2.05 bits per heavy atom. The number of thiocarbonyl (C=S) groups is 1. The highest BCUT2D eigenvalue weighted by Crippen LogP contribution is 2.07. The van der Waals surface area contributed by atoms with E-state index in [4.69, 9.17) is 22.7 Å². The molecule has 0 aliphatic rings. The molecule has 0 bridgehead atoms. The van der Waals surface area contributed by atoms with Crippen LogP contribution < -0.4 is 11.1 Å². The van der Waals surface area contributed by atoms with Crippen molar-refractivity contribution in [3.8, 4) is 11.8 Å². The van der Waals surface area contributed by atoms with Gasteiger partial charge in [0.05, 0.1) is 0 Å². The number of hydrogen-bond donors (Lipinski definition) is 2. The minimum Gasteiger partial charge on any atom is -0.444 e. The lowest BCUT2D eigenvalue weighted by atomic mass is 10.1. The molecule has 1 aromatic carbocycles. The molecule has 5 heteroatoms. The third kappa shape index (κ3) is 6.77. The summed E-state index contributed by atoms with van der Waals surface area (Å²) in [5.41, 5.74) is 6.70. The lowest BCUT2D eigenvalue weighted by molar-refractivity contribution is 0.0529. The van der Waals surface area contributed by atoms with Crippen LogP contribution in [0.1, 0.15) is 38.3 Å². The summed E-state index contributed by atoms with van der Waals surface area (Å²) in [7, 11) is 0. The second-order valence-electron chi connectivity index (χ2n) is 5.39. The molecule has 0 saturated heterocycles. The van der Waals surface area contributed by atoms with Gasteiger partial charge in [0.2, 0.25) is 0 Å². The number of carbonyl (C=O) groups is 1. The second kappa shape index (κ2) is 7.65. The minimum atomic E-state index is -0.495. The third-order valence-electron chi connectivity index (χ3n) is 2.33. The topological polar surface area (TPSA) is 64.3 Å². The molecule has 0 spiro atoms. The van der Waals surface area contributed by atoms with Gasteiger partial charge in [0.25, 0.3) is 0 Å². The van der Waals surface area contributed by atoms with E-state index in [1.807, 2.05) is 45.0 Å². The molecular formula is C16H20N2O2S. The van der Waals surface area contributed by atoms with Crippen LogP contribution in [-0.2, 0) is 4.74 Å². The number of nitrogens with two attached hydrogens (primary N) is 1. The Kier molecular flexibility index (Phi) is 6.19. The first kappa shape index (κ1) is 17.0. The Bertz CT molecular complexity index is 580. The molecule has 0 aliphatic carbocycles. The monoisotopic (exact) mass is 304 g/mol. The van der Waals surface area contributed by atoms with E-state index < -0.39 is 11.7 Å². The van der Waals surface area contributed by atoms with Crippen LogP contribution in [0.4, 0.5) is 4.79 Å². The average Bonchev–Trinajstić information content (AvgIpc) is 2.36. The highest BCUT2D eigenvalue weighted by molar-refractivity contribution is 7.80. The Morgan fingerprint density at radius 1 is 1.38 bits per heavy atom. The molecule has 1 amide bonds. The van der Waals surface area contributed by atoms with E-state index in [0.29, 0.717) is 18.0 Å². The molecule has 0 radical (unpaired) electrons. The fourth-order valence-electron chi connectivity index (χ4n) is 1.51. The maximum atomic E-state index is 11.4. The summed E-state index contributed by atoms with van der Waals surface area (Å²) >= 11 is 4.97. The van der Waals surface area contributed by atoms with Gasteiger partial charge < -0.3 is 15.8 Å². The highest BCUT2D eigenvalue weighted by Gasteiger charge is 2.15. The summed E-state index contributed by atoms with van der Waals surface area (Å²) in [5, 5.41) is 2.65. The summed E-state index contributed by atoms with van der Waals surface area (Å²) < 4.78 is 5.12. The van der Waals surface area contributed by atoms with Gasteiger partial charge in [-0.05, 0) is 26.8 Å². The van der Waals surface area contributed by atoms with Crippen LogP contribution in [0.2, 0.25) is 0 Å². The van der Waals surface area contributed by atoms with Crippen molar-refractivity contribution in [1.29, 1.82) is 0 Å². The first-order valence-corrected chi connectivity index (χ1v) is 7.05. The minimum absolute atomic E-state index is 0.326. The zero-order valence-electron chi connectivity index (χ0n) is 12.5. The molecule has 0 unspecified atom stereocenters. The maximum Gasteiger partial charge on any atom is 0.407 e. The quantitative estimate of drug-likeness (QED) is 0.512. The van der Waals surface area contributed by atoms with Crippen LogP contribution in [0.3, 0.4) is 0 Å². The molecule has 0 aromatic heterocycles. The first-order valence-electron chi connectivity index (χ1n) is 6.64. The van der Waals surface area contributed by atoms with Crippen LogP contribution >= 0.6 is 12.2 Å². The average molecular weight is 304 g/mol. The smallest absolute Gasteiger partial charge is 0.407 e. The van der Waals surface area contributed by atoms with Gasteiger partial charge in [-0.2, -0.15) is 0 Å². The number of rotatable bonds is 3. The largest absolute Gasteiger partial charge is 0.444 e. The van der Waals surface area contributed by atoms with E-state index in [0.717, 1.165) is 11.1 Å². The second-order valence-corrected chi connectivity index (χ2v) is 5.83. The summed E-state index contributed by atoms with van der Waals surface area (Å²) in [6.45, 7) is 5.88. The van der Waals surface area contributed by atoms with E-state index in [9.17, 15) is 4.79 Å². The lowest BCUT2D eigenvalue weighted by Gasteiger charge is -2.19. The summed E-state index contributed by atoms with van der Waals surface area (Å²) in [4.78, 5) is 11.7. The fraction of sp³-hybridized carbons (Fsp3) is 0.375. The standard InChI is InChI=1S/C16H20N2O2S/c1-16(2,3)20-15(19)18-11-7-6-9-12-8-4-5-10-13(12)14(17)21/h4-5,8,10H,7,11H2,1-3H3,(H2,17,21)(H,18,19). The van der Waals surface area contributed by atoms with Crippen molar-refractivity contribution >= 4 is 23.3 Å². The van der Waals surface area contributed by atoms with Crippen LogP contribution in [0.25, 0.3) is 0 Å². The van der Waals surface area contributed by atoms with E-state index in [-0.39, 0.29) is 0 Å². The third-order valence-corrected chi connectivity index (χ3v) is 2.55. The van der Waals surface area contributed by atoms with Gasteiger partial charge in [-0.15, -0.1) is 0 Å². The summed E-state index contributed by atoms with van der Waals surface area (Å²) in [6.07, 6.45) is 0.0816. The van der Waals surface area contributed by atoms with Gasteiger partial charge in [0.1, 0.15) is 10.6 Å². The maximum absolute atomic E-state index is 11.4. The van der Waals surface area contributed by atoms with E-state index in [1.165, 1.54) is 0 Å². The molecule has 21 heavy (non-hydrogen) atoms.